The van der Waals surface area contributed by atoms with Gasteiger partial charge in [-0.05, 0) is 13.1 Å². The van der Waals surface area contributed by atoms with E-state index in [0.29, 0.717) is 6.54 Å². The van der Waals surface area contributed by atoms with Gasteiger partial charge in [0, 0.05) is 51.4 Å². The highest BCUT2D eigenvalue weighted by atomic mass is 35.5. The number of hydrogen-bond donors (Lipinski definition) is 1. The number of piperazine rings is 1. The van der Waals surface area contributed by atoms with Crippen molar-refractivity contribution in [1.29, 1.82) is 0 Å². The van der Waals surface area contributed by atoms with E-state index < -0.39 is 4.92 Å². The molecule has 0 aromatic heterocycles. The third-order valence-corrected chi connectivity index (χ3v) is 4.03. The van der Waals surface area contributed by atoms with Crippen LogP contribution < -0.4 is 5.32 Å². The van der Waals surface area contributed by atoms with Crippen molar-refractivity contribution < 1.29 is 9.72 Å². The van der Waals surface area contributed by atoms with Gasteiger partial charge in [-0.2, -0.15) is 0 Å². The van der Waals surface area contributed by atoms with Crippen molar-refractivity contribution in [3.63, 3.8) is 0 Å². The molecule has 0 radical (unpaired) electrons. The average molecular weight is 327 g/mol. The first kappa shape index (κ1) is 16.7. The summed E-state index contributed by atoms with van der Waals surface area (Å²) in [6, 6.07) is 3.85. The third-order valence-electron chi connectivity index (χ3n) is 3.72. The maximum absolute atomic E-state index is 12.0. The van der Waals surface area contributed by atoms with E-state index in [-0.39, 0.29) is 22.2 Å². The number of hydrogen-bond acceptors (Lipinski definition) is 5. The minimum atomic E-state index is -0.541. The van der Waals surface area contributed by atoms with Crippen LogP contribution in [0.4, 0.5) is 5.69 Å². The molecule has 2 rings (SSSR count). The zero-order valence-corrected chi connectivity index (χ0v) is 13.2. The number of carbonyl (C=O) groups excluding carboxylic acids is 1. The van der Waals surface area contributed by atoms with E-state index in [4.69, 9.17) is 11.6 Å². The molecule has 0 saturated carbocycles. The fraction of sp³-hybridized carbons (Fsp3) is 0.500. The average Bonchev–Trinajstić information content (AvgIpc) is 2.49. The van der Waals surface area contributed by atoms with Crippen molar-refractivity contribution in [3.05, 3.63) is 38.9 Å². The smallest absolute Gasteiger partial charge is 0.270 e. The summed E-state index contributed by atoms with van der Waals surface area (Å²) in [5, 5.41) is 13.5. The van der Waals surface area contributed by atoms with Crippen molar-refractivity contribution >= 4 is 23.2 Å². The molecule has 1 fully saturated rings. The van der Waals surface area contributed by atoms with E-state index >= 15 is 0 Å². The number of carbonyl (C=O) groups is 1. The maximum Gasteiger partial charge on any atom is 0.270 e. The first-order valence-electron chi connectivity index (χ1n) is 7.10. The van der Waals surface area contributed by atoms with Crippen LogP contribution in [0.15, 0.2) is 18.2 Å². The Kier molecular flexibility index (Phi) is 5.70. The molecular formula is C14H19ClN4O3. The summed E-state index contributed by atoms with van der Waals surface area (Å²) in [7, 11) is 2.09. The highest BCUT2D eigenvalue weighted by molar-refractivity contribution is 6.34. The summed E-state index contributed by atoms with van der Waals surface area (Å²) in [6.07, 6.45) is 0. The zero-order valence-electron chi connectivity index (χ0n) is 12.4. The number of halogens is 1. The predicted octanol–water partition coefficient (Wildman–Crippen LogP) is 1.23. The Bertz CT molecular complexity index is 559. The quantitative estimate of drug-likeness (QED) is 0.650. The summed E-state index contributed by atoms with van der Waals surface area (Å²) >= 11 is 5.93. The van der Waals surface area contributed by atoms with Crippen LogP contribution in [0.1, 0.15) is 10.4 Å². The Hall–Kier alpha value is -1.70. The molecule has 8 heteroatoms. The Balaban J connectivity index is 1.83. The van der Waals surface area contributed by atoms with Crippen LogP contribution in [0.2, 0.25) is 5.02 Å². The van der Waals surface area contributed by atoms with Crippen molar-refractivity contribution in [2.45, 2.75) is 0 Å². The van der Waals surface area contributed by atoms with Crippen molar-refractivity contribution in [2.75, 3.05) is 46.3 Å². The minimum Gasteiger partial charge on any atom is -0.351 e. The minimum absolute atomic E-state index is 0.0892. The molecule has 1 heterocycles. The predicted molar refractivity (Wildman–Crippen MR) is 84.4 cm³/mol. The normalized spacial score (nSPS) is 16.5. The van der Waals surface area contributed by atoms with Gasteiger partial charge in [-0.3, -0.25) is 19.8 Å². The monoisotopic (exact) mass is 326 g/mol. The molecule has 0 aliphatic carbocycles. The number of non-ortho nitro benzene ring substituents is 1. The number of likely N-dealkylation sites (N-methyl/N-ethyl adjacent to an activating group) is 1. The SMILES string of the molecule is CN1CCN(CCNC(=O)c2ccc([N+](=O)[O-])cc2Cl)CC1. The van der Waals surface area contributed by atoms with Gasteiger partial charge in [0.1, 0.15) is 0 Å². The molecule has 1 N–H and O–H groups in total. The molecule has 1 saturated heterocycles. The molecule has 0 atom stereocenters. The third kappa shape index (κ3) is 4.40. The molecule has 120 valence electrons. The lowest BCUT2D eigenvalue weighted by molar-refractivity contribution is -0.384. The van der Waals surface area contributed by atoms with E-state index in [1.165, 1.54) is 18.2 Å². The molecule has 7 nitrogen and oxygen atoms in total. The van der Waals surface area contributed by atoms with Crippen molar-refractivity contribution in [2.24, 2.45) is 0 Å². The molecule has 0 bridgehead atoms. The van der Waals surface area contributed by atoms with E-state index in [9.17, 15) is 14.9 Å². The summed E-state index contributed by atoms with van der Waals surface area (Å²) in [5.74, 6) is -0.311. The van der Waals surface area contributed by atoms with Gasteiger partial charge in [0.05, 0.1) is 15.5 Å². The lowest BCUT2D eigenvalue weighted by Gasteiger charge is -2.32. The second kappa shape index (κ2) is 7.53. The Morgan fingerprint density at radius 2 is 2.05 bits per heavy atom. The fourth-order valence-electron chi connectivity index (χ4n) is 2.30. The van der Waals surface area contributed by atoms with Crippen LogP contribution in [0.5, 0.6) is 0 Å². The Morgan fingerprint density at radius 1 is 1.36 bits per heavy atom. The number of nitro groups is 1. The van der Waals surface area contributed by atoms with E-state index in [1.54, 1.807) is 0 Å². The molecule has 1 aromatic carbocycles. The first-order chi connectivity index (χ1) is 10.5. The van der Waals surface area contributed by atoms with Gasteiger partial charge in [-0.15, -0.1) is 0 Å². The number of benzene rings is 1. The molecule has 1 aliphatic heterocycles. The van der Waals surface area contributed by atoms with Crippen LogP contribution in [0.3, 0.4) is 0 Å². The summed E-state index contributed by atoms with van der Waals surface area (Å²) in [5.41, 5.74) is 0.129. The largest absolute Gasteiger partial charge is 0.351 e. The molecule has 1 amide bonds. The van der Waals surface area contributed by atoms with Gasteiger partial charge in [0.25, 0.3) is 11.6 Å². The van der Waals surface area contributed by atoms with Gasteiger partial charge in [-0.1, -0.05) is 11.6 Å². The number of rotatable bonds is 5. The van der Waals surface area contributed by atoms with Crippen molar-refractivity contribution in [1.82, 2.24) is 15.1 Å². The number of amides is 1. The van der Waals surface area contributed by atoms with Crippen LogP contribution in [0, 0.1) is 10.1 Å². The second-order valence-corrected chi connectivity index (χ2v) is 5.73. The van der Waals surface area contributed by atoms with Crippen LogP contribution in [0.25, 0.3) is 0 Å². The lowest BCUT2D eigenvalue weighted by Crippen LogP contribution is -2.46. The number of nitrogens with one attached hydrogen (secondary N) is 1. The highest BCUT2D eigenvalue weighted by Crippen LogP contribution is 2.22. The van der Waals surface area contributed by atoms with Crippen LogP contribution >= 0.6 is 11.6 Å². The molecular weight excluding hydrogens is 308 g/mol. The Labute approximate surface area is 134 Å². The number of nitrogens with zero attached hydrogens (tertiary/aromatic N) is 3. The number of nitro benzene ring substituents is 1. The van der Waals surface area contributed by atoms with E-state index in [2.05, 4.69) is 22.2 Å². The second-order valence-electron chi connectivity index (χ2n) is 5.32. The van der Waals surface area contributed by atoms with Gasteiger partial charge < -0.3 is 10.2 Å². The summed E-state index contributed by atoms with van der Waals surface area (Å²) < 4.78 is 0. The molecule has 1 aliphatic rings. The van der Waals surface area contributed by atoms with Crippen molar-refractivity contribution in [3.8, 4) is 0 Å². The first-order valence-corrected chi connectivity index (χ1v) is 7.48. The standard InChI is InChI=1S/C14H19ClN4O3/c1-17-6-8-18(9-7-17)5-4-16-14(20)12-3-2-11(19(21)22)10-13(12)15/h2-3,10H,4-9H2,1H3,(H,16,20). The molecule has 22 heavy (non-hydrogen) atoms. The zero-order chi connectivity index (χ0) is 16.1. The molecule has 0 unspecified atom stereocenters. The topological polar surface area (TPSA) is 78.7 Å². The Morgan fingerprint density at radius 3 is 2.64 bits per heavy atom. The van der Waals surface area contributed by atoms with E-state index in [1.807, 2.05) is 0 Å². The van der Waals surface area contributed by atoms with Gasteiger partial charge in [0.2, 0.25) is 0 Å². The fourth-order valence-corrected chi connectivity index (χ4v) is 2.56. The van der Waals surface area contributed by atoms with Gasteiger partial charge >= 0.3 is 0 Å². The maximum atomic E-state index is 12.0. The summed E-state index contributed by atoms with van der Waals surface area (Å²) in [6.45, 7) is 5.35. The van der Waals surface area contributed by atoms with Crippen LogP contribution in [-0.2, 0) is 0 Å². The van der Waals surface area contributed by atoms with Crippen LogP contribution in [-0.4, -0.2) is 66.9 Å². The highest BCUT2D eigenvalue weighted by Gasteiger charge is 2.16. The van der Waals surface area contributed by atoms with Gasteiger partial charge in [-0.25, -0.2) is 0 Å². The van der Waals surface area contributed by atoms with Gasteiger partial charge in [0.15, 0.2) is 0 Å². The van der Waals surface area contributed by atoms with E-state index in [0.717, 1.165) is 32.7 Å². The molecule has 1 aromatic rings. The summed E-state index contributed by atoms with van der Waals surface area (Å²) in [4.78, 5) is 26.7. The lowest BCUT2D eigenvalue weighted by atomic mass is 10.2. The molecule has 0 spiro atoms.